The van der Waals surface area contributed by atoms with E-state index in [4.69, 9.17) is 29.2 Å². The van der Waals surface area contributed by atoms with Crippen LogP contribution in [0, 0.1) is 6.92 Å². The summed E-state index contributed by atoms with van der Waals surface area (Å²) in [6.07, 6.45) is 1.98. The lowest BCUT2D eigenvalue weighted by Crippen LogP contribution is -2.34. The van der Waals surface area contributed by atoms with E-state index >= 15 is 0 Å². The van der Waals surface area contributed by atoms with Crippen LogP contribution >= 0.6 is 11.8 Å². The number of anilines is 1. The molecule has 0 spiro atoms. The van der Waals surface area contributed by atoms with Gasteiger partial charge in [0, 0.05) is 48.8 Å². The molecule has 5 rings (SSSR count). The summed E-state index contributed by atoms with van der Waals surface area (Å²) in [6, 6.07) is 19.8. The van der Waals surface area contributed by atoms with E-state index in [0.29, 0.717) is 25.4 Å². The fourth-order valence-corrected chi connectivity index (χ4v) is 5.87. The number of aryl methyl sites for hydroxylation is 1. The molecule has 0 saturated carbocycles. The number of aliphatic carboxylic acids is 2. The maximum absolute atomic E-state index is 13.2. The van der Waals surface area contributed by atoms with Crippen molar-refractivity contribution in [3.8, 4) is 23.0 Å². The Hall–Kier alpha value is -4.68. The third kappa shape index (κ3) is 9.40. The van der Waals surface area contributed by atoms with Gasteiger partial charge in [0.25, 0.3) is 0 Å². The number of ether oxygens (including phenoxy) is 4. The summed E-state index contributed by atoms with van der Waals surface area (Å²) in [4.78, 5) is 37.4. The number of carbonyl (C=O) groups excluding carboxylic acids is 1. The molecule has 0 saturated heterocycles. The summed E-state index contributed by atoms with van der Waals surface area (Å²) in [5, 5.41) is 15.3. The highest BCUT2D eigenvalue weighted by Gasteiger charge is 2.34. The average Bonchev–Trinajstić information content (AvgIpc) is 3.49. The maximum Gasteiger partial charge on any atom is 0.328 e. The Bertz CT molecular complexity index is 1530. The van der Waals surface area contributed by atoms with E-state index in [1.807, 2.05) is 62.5 Å². The van der Waals surface area contributed by atoms with Gasteiger partial charge in [0.15, 0.2) is 11.5 Å². The molecule has 0 bridgehead atoms. The number of likely N-dealkylation sites (N-methyl/N-ethyl adjacent to an activating group) is 2. The number of carbonyl (C=O) groups is 3. The fourth-order valence-electron chi connectivity index (χ4n) is 4.56. The van der Waals surface area contributed by atoms with Gasteiger partial charge in [-0.15, -0.1) is 11.8 Å². The maximum atomic E-state index is 13.2. The number of carboxylic acid groups (broad SMARTS) is 2. The van der Waals surface area contributed by atoms with Crippen LogP contribution in [-0.2, 0) is 14.4 Å². The van der Waals surface area contributed by atoms with E-state index in [2.05, 4.69) is 24.1 Å². The monoisotopic (exact) mass is 636 g/mol. The summed E-state index contributed by atoms with van der Waals surface area (Å²) >= 11 is 1.59. The number of carboxylic acids is 2. The Morgan fingerprint density at radius 3 is 2.47 bits per heavy atom. The number of rotatable bonds is 12. The summed E-state index contributed by atoms with van der Waals surface area (Å²) in [7, 11) is 3.92. The van der Waals surface area contributed by atoms with Crippen LogP contribution in [0.2, 0.25) is 0 Å². The lowest BCUT2D eigenvalue weighted by molar-refractivity contribution is -0.134. The van der Waals surface area contributed by atoms with Crippen molar-refractivity contribution in [1.29, 1.82) is 0 Å². The molecule has 0 aromatic heterocycles. The molecular weight excluding hydrogens is 600 g/mol. The molecule has 11 nitrogen and oxygen atoms in total. The third-order valence-corrected chi connectivity index (χ3v) is 8.16. The van der Waals surface area contributed by atoms with E-state index in [1.54, 1.807) is 16.7 Å². The van der Waals surface area contributed by atoms with E-state index in [9.17, 15) is 14.4 Å². The van der Waals surface area contributed by atoms with Crippen LogP contribution in [0.15, 0.2) is 77.7 Å². The lowest BCUT2D eigenvalue weighted by Gasteiger charge is -2.32. The van der Waals surface area contributed by atoms with Crippen molar-refractivity contribution in [2.75, 3.05) is 52.1 Å². The van der Waals surface area contributed by atoms with E-state index in [0.717, 1.165) is 64.2 Å². The van der Waals surface area contributed by atoms with Gasteiger partial charge in [0.2, 0.25) is 12.7 Å². The van der Waals surface area contributed by atoms with Gasteiger partial charge < -0.3 is 39.0 Å². The molecule has 1 amide bonds. The molecule has 45 heavy (non-hydrogen) atoms. The van der Waals surface area contributed by atoms with Gasteiger partial charge >= 0.3 is 11.9 Å². The van der Waals surface area contributed by atoms with Crippen LogP contribution < -0.4 is 23.8 Å². The predicted molar refractivity (Wildman–Crippen MR) is 170 cm³/mol. The Kier molecular flexibility index (Phi) is 11.7. The van der Waals surface area contributed by atoms with Gasteiger partial charge in [-0.3, -0.25) is 4.79 Å². The molecule has 0 fully saturated rings. The Morgan fingerprint density at radius 1 is 0.978 bits per heavy atom. The zero-order valence-corrected chi connectivity index (χ0v) is 26.1. The summed E-state index contributed by atoms with van der Waals surface area (Å²) in [6.45, 7) is 5.12. The van der Waals surface area contributed by atoms with Crippen molar-refractivity contribution in [3.05, 3.63) is 83.9 Å². The first-order chi connectivity index (χ1) is 21.6. The highest BCUT2D eigenvalue weighted by Crippen LogP contribution is 2.48. The number of thioether (sulfide) groups is 1. The molecule has 0 aliphatic carbocycles. The van der Waals surface area contributed by atoms with Crippen molar-refractivity contribution in [3.63, 3.8) is 0 Å². The largest absolute Gasteiger partial charge is 0.493 e. The highest BCUT2D eigenvalue weighted by atomic mass is 32.2. The van der Waals surface area contributed by atoms with E-state index < -0.39 is 11.9 Å². The quantitative estimate of drug-likeness (QED) is 0.205. The molecule has 3 aromatic rings. The SMILES string of the molecule is Cc1ccc(OCCCN(C)CCOc2ccc3c(c2)OCO3)c(C2Sc3ccccc3N(C)C2=O)c1.O=C(O)C=CC(=O)O. The zero-order valence-electron chi connectivity index (χ0n) is 25.3. The predicted octanol–water partition coefficient (Wildman–Crippen LogP) is 5.03. The van der Waals surface area contributed by atoms with Gasteiger partial charge in [-0.1, -0.05) is 29.8 Å². The minimum atomic E-state index is -1.26. The molecule has 238 valence electrons. The molecule has 1 atom stereocenters. The molecule has 0 radical (unpaired) electrons. The van der Waals surface area contributed by atoms with Crippen LogP contribution in [0.4, 0.5) is 5.69 Å². The second-order valence-corrected chi connectivity index (χ2v) is 11.4. The van der Waals surface area contributed by atoms with Crippen LogP contribution in [-0.4, -0.2) is 80.2 Å². The summed E-state index contributed by atoms with van der Waals surface area (Å²) < 4.78 is 22.8. The van der Waals surface area contributed by atoms with Gasteiger partial charge in [0.1, 0.15) is 23.4 Å². The van der Waals surface area contributed by atoms with Crippen LogP contribution in [0.5, 0.6) is 23.0 Å². The summed E-state index contributed by atoms with van der Waals surface area (Å²) in [5.74, 6) is 0.586. The Balaban J connectivity index is 0.000000510. The number of fused-ring (bicyclic) bond motifs is 2. The third-order valence-electron chi connectivity index (χ3n) is 6.87. The molecule has 2 N–H and O–H groups in total. The molecule has 2 heterocycles. The minimum absolute atomic E-state index is 0.0707. The molecule has 2 aliphatic heterocycles. The van der Waals surface area contributed by atoms with Gasteiger partial charge in [-0.05, 0) is 50.7 Å². The van der Waals surface area contributed by atoms with Gasteiger partial charge in [0.05, 0.1) is 12.3 Å². The standard InChI is InChI=1S/C29H32N2O5S.C4H4O4/c1-20-9-11-24(22(17-20)28-29(32)31(3)23-7-4-5-8-27(23)37-28)34-15-6-13-30(2)14-16-33-21-10-12-25-26(18-21)36-19-35-25;5-3(6)1-2-4(7)8/h4-5,7-12,17-18,28H,6,13-16,19H2,1-3H3;1-2H,(H,5,6)(H,7,8). The zero-order chi connectivity index (χ0) is 32.3. The normalized spacial score (nSPS) is 15.0. The lowest BCUT2D eigenvalue weighted by atomic mass is 10.1. The number of hydrogen-bond donors (Lipinski definition) is 2. The first kappa shape index (κ1) is 33.2. The second-order valence-electron chi connectivity index (χ2n) is 10.3. The first-order valence-electron chi connectivity index (χ1n) is 14.2. The van der Waals surface area contributed by atoms with Crippen LogP contribution in [0.25, 0.3) is 0 Å². The number of nitrogens with zero attached hydrogens (tertiary/aromatic N) is 2. The van der Waals surface area contributed by atoms with E-state index in [1.165, 1.54) is 0 Å². The Labute approximate surface area is 265 Å². The van der Waals surface area contributed by atoms with Gasteiger partial charge in [-0.25, -0.2) is 9.59 Å². The number of para-hydroxylation sites is 1. The first-order valence-corrected chi connectivity index (χ1v) is 15.1. The number of benzene rings is 3. The van der Waals surface area contributed by atoms with Crippen molar-refractivity contribution in [2.24, 2.45) is 0 Å². The van der Waals surface area contributed by atoms with Gasteiger partial charge in [-0.2, -0.15) is 0 Å². The number of hydrogen-bond acceptors (Lipinski definition) is 9. The fraction of sp³-hybridized carbons (Fsp3) is 0.303. The molecular formula is C33H36N2O9S. The molecule has 2 aliphatic rings. The Morgan fingerprint density at radius 2 is 1.71 bits per heavy atom. The average molecular weight is 637 g/mol. The molecule has 12 heteroatoms. The van der Waals surface area contributed by atoms with Crippen molar-refractivity contribution < 1.29 is 43.5 Å². The number of amides is 1. The molecule has 3 aromatic carbocycles. The smallest absolute Gasteiger partial charge is 0.328 e. The topological polar surface area (TPSA) is 135 Å². The van der Waals surface area contributed by atoms with Crippen molar-refractivity contribution in [1.82, 2.24) is 4.90 Å². The second kappa shape index (κ2) is 15.9. The molecule has 1 unspecified atom stereocenters. The van der Waals surface area contributed by atoms with Crippen LogP contribution in [0.1, 0.15) is 22.8 Å². The van der Waals surface area contributed by atoms with Crippen molar-refractivity contribution >= 4 is 35.3 Å². The summed E-state index contributed by atoms with van der Waals surface area (Å²) in [5.41, 5.74) is 3.00. The highest BCUT2D eigenvalue weighted by molar-refractivity contribution is 8.00. The van der Waals surface area contributed by atoms with Crippen molar-refractivity contribution in [2.45, 2.75) is 23.5 Å². The van der Waals surface area contributed by atoms with E-state index in [-0.39, 0.29) is 18.0 Å². The van der Waals surface area contributed by atoms with Crippen LogP contribution in [0.3, 0.4) is 0 Å². The minimum Gasteiger partial charge on any atom is -0.493 e.